The molecule has 146 valence electrons. The van der Waals surface area contributed by atoms with Crippen LogP contribution < -0.4 is 4.31 Å². The molecule has 0 fully saturated rings. The number of fused-ring (bicyclic) bond motifs is 1. The first-order valence-electron chi connectivity index (χ1n) is 8.51. The second-order valence-electron chi connectivity index (χ2n) is 6.10. The summed E-state index contributed by atoms with van der Waals surface area (Å²) in [5, 5.41) is 11.3. The molecule has 0 aliphatic rings. The molecule has 2 aromatic carbocycles. The van der Waals surface area contributed by atoms with E-state index in [2.05, 4.69) is 9.97 Å². The van der Waals surface area contributed by atoms with Crippen LogP contribution in [0.5, 0.6) is 0 Å². The maximum Gasteiger partial charge on any atom is 0.324 e. The second-order valence-corrected chi connectivity index (χ2v) is 8.07. The maximum atomic E-state index is 11.4. The van der Waals surface area contributed by atoms with Crippen LogP contribution in [-0.2, 0) is 4.79 Å². The number of carbonyl (C=O) groups is 1. The molecule has 2 aromatic heterocycles. The first-order valence-corrected chi connectivity index (χ1v) is 10.0. The molecule has 4 aromatic rings. The molecule has 0 aliphatic heterocycles. The van der Waals surface area contributed by atoms with Crippen molar-refractivity contribution in [2.45, 2.75) is 4.90 Å². The smallest absolute Gasteiger partial charge is 0.324 e. The largest absolute Gasteiger partial charge is 0.480 e. The van der Waals surface area contributed by atoms with Gasteiger partial charge in [-0.15, -0.1) is 0 Å². The summed E-state index contributed by atoms with van der Waals surface area (Å²) in [5.41, 5.74) is 1.67. The van der Waals surface area contributed by atoms with Gasteiger partial charge in [0.1, 0.15) is 6.54 Å². The number of carboxylic acid groups (broad SMARTS) is 1. The number of nitrogens with zero attached hydrogens (tertiary/aromatic N) is 4. The highest BCUT2D eigenvalue weighted by atomic mass is 35.5. The molecule has 1 N–H and O–H groups in total. The number of benzene rings is 2. The van der Waals surface area contributed by atoms with E-state index in [0.29, 0.717) is 16.0 Å². The number of rotatable bonds is 6. The summed E-state index contributed by atoms with van der Waals surface area (Å²) in [4.78, 5) is 20.7. The molecule has 0 aliphatic carbocycles. The minimum Gasteiger partial charge on any atom is -0.480 e. The van der Waals surface area contributed by atoms with Crippen molar-refractivity contribution < 1.29 is 9.90 Å². The molecule has 0 unspecified atom stereocenters. The Balaban J connectivity index is 1.70. The van der Waals surface area contributed by atoms with Crippen LogP contribution in [-0.4, -0.2) is 32.2 Å². The summed E-state index contributed by atoms with van der Waals surface area (Å²) in [6.45, 7) is -0.192. The van der Waals surface area contributed by atoms with E-state index in [9.17, 15) is 9.90 Å². The molecule has 0 saturated heterocycles. The average Bonchev–Trinajstić information content (AvgIpc) is 3.10. The number of aromatic nitrogens is 3. The Morgan fingerprint density at radius 1 is 1.07 bits per heavy atom. The number of hydrogen-bond acceptors (Lipinski definition) is 5. The van der Waals surface area contributed by atoms with Crippen LogP contribution in [0.2, 0.25) is 10.0 Å². The van der Waals surface area contributed by atoms with E-state index in [1.165, 1.54) is 11.9 Å². The zero-order valence-electron chi connectivity index (χ0n) is 14.9. The molecular weight excluding hydrogens is 431 g/mol. The number of hydrogen-bond donors (Lipinski definition) is 1. The van der Waals surface area contributed by atoms with Gasteiger partial charge in [-0.25, -0.2) is 9.97 Å². The van der Waals surface area contributed by atoms with Gasteiger partial charge < -0.3 is 9.41 Å². The van der Waals surface area contributed by atoms with Gasteiger partial charge in [-0.05, 0) is 60.5 Å². The lowest BCUT2D eigenvalue weighted by atomic mass is 10.2. The topological polar surface area (TPSA) is 71.2 Å². The van der Waals surface area contributed by atoms with Crippen LogP contribution in [0.25, 0.3) is 16.9 Å². The van der Waals surface area contributed by atoms with Gasteiger partial charge in [-0.2, -0.15) is 0 Å². The fourth-order valence-corrected chi connectivity index (χ4v) is 4.55. The minimum atomic E-state index is -0.944. The van der Waals surface area contributed by atoms with E-state index in [4.69, 9.17) is 23.2 Å². The Bertz CT molecular complexity index is 1160. The molecular formula is C20H14Cl2N4O2S. The van der Waals surface area contributed by atoms with Crippen molar-refractivity contribution in [2.75, 3.05) is 10.8 Å². The molecule has 0 spiro atoms. The predicted molar refractivity (Wildman–Crippen MR) is 116 cm³/mol. The van der Waals surface area contributed by atoms with Crippen LogP contribution >= 0.6 is 35.1 Å². The number of aliphatic carboxylic acids is 1. The summed E-state index contributed by atoms with van der Waals surface area (Å²) >= 11 is 13.4. The van der Waals surface area contributed by atoms with E-state index >= 15 is 0 Å². The van der Waals surface area contributed by atoms with Crippen molar-refractivity contribution in [2.24, 2.45) is 0 Å². The minimum absolute atomic E-state index is 0.192. The highest BCUT2D eigenvalue weighted by Crippen LogP contribution is 2.34. The molecule has 2 heterocycles. The third kappa shape index (κ3) is 4.48. The Hall–Kier alpha value is -2.74. The third-order valence-corrected chi connectivity index (χ3v) is 5.50. The van der Waals surface area contributed by atoms with E-state index in [0.717, 1.165) is 21.5 Å². The number of anilines is 1. The van der Waals surface area contributed by atoms with Crippen molar-refractivity contribution in [3.05, 3.63) is 77.2 Å². The molecule has 0 atom stereocenters. The Morgan fingerprint density at radius 3 is 2.48 bits per heavy atom. The summed E-state index contributed by atoms with van der Waals surface area (Å²) in [7, 11) is 0. The van der Waals surface area contributed by atoms with Gasteiger partial charge in [-0.3, -0.25) is 9.36 Å². The number of halogens is 2. The Morgan fingerprint density at radius 2 is 1.79 bits per heavy atom. The molecule has 0 radical (unpaired) electrons. The van der Waals surface area contributed by atoms with Crippen molar-refractivity contribution in [3.63, 3.8) is 0 Å². The number of carboxylic acids is 1. The van der Waals surface area contributed by atoms with Crippen molar-refractivity contribution in [1.82, 2.24) is 14.5 Å². The zero-order valence-corrected chi connectivity index (χ0v) is 17.2. The van der Waals surface area contributed by atoms with E-state index < -0.39 is 5.97 Å². The van der Waals surface area contributed by atoms with Crippen molar-refractivity contribution >= 4 is 57.7 Å². The van der Waals surface area contributed by atoms with Crippen LogP contribution in [0.15, 0.2) is 72.0 Å². The van der Waals surface area contributed by atoms with E-state index in [1.807, 2.05) is 35.0 Å². The third-order valence-electron chi connectivity index (χ3n) is 4.06. The zero-order chi connectivity index (χ0) is 20.4. The van der Waals surface area contributed by atoms with Gasteiger partial charge in [0.15, 0.2) is 0 Å². The molecule has 9 heteroatoms. The van der Waals surface area contributed by atoms with E-state index in [1.54, 1.807) is 41.0 Å². The van der Waals surface area contributed by atoms with Crippen LogP contribution in [0, 0.1) is 0 Å². The average molecular weight is 445 g/mol. The lowest BCUT2D eigenvalue weighted by molar-refractivity contribution is -0.135. The normalized spacial score (nSPS) is 11.0. The van der Waals surface area contributed by atoms with Crippen LogP contribution in [0.3, 0.4) is 0 Å². The fourth-order valence-electron chi connectivity index (χ4n) is 2.88. The lowest BCUT2D eigenvalue weighted by Crippen LogP contribution is -2.22. The quantitative estimate of drug-likeness (QED) is 0.405. The van der Waals surface area contributed by atoms with Gasteiger partial charge in [0.05, 0.1) is 5.52 Å². The van der Waals surface area contributed by atoms with Crippen LogP contribution in [0.4, 0.5) is 5.69 Å². The maximum absolute atomic E-state index is 11.4. The Kier molecular flexibility index (Phi) is 5.62. The van der Waals surface area contributed by atoms with Crippen molar-refractivity contribution in [1.29, 1.82) is 0 Å². The first kappa shape index (κ1) is 19.6. The SMILES string of the molecule is O=C(O)CN(Sc1cc(Cl)cc(Cl)c1)c1ccc2c(ccn2-c2ncccn2)c1. The monoisotopic (exact) mass is 444 g/mol. The predicted octanol–water partition coefficient (Wildman–Crippen LogP) is 5.33. The Labute approximate surface area is 180 Å². The molecule has 0 saturated carbocycles. The summed E-state index contributed by atoms with van der Waals surface area (Å²) < 4.78 is 3.56. The molecule has 0 bridgehead atoms. The van der Waals surface area contributed by atoms with Crippen molar-refractivity contribution in [3.8, 4) is 5.95 Å². The highest BCUT2D eigenvalue weighted by Gasteiger charge is 2.15. The standard InChI is InChI=1S/C20H14Cl2N4O2S/c21-14-9-15(22)11-17(10-14)29-26(12-19(27)28)16-2-3-18-13(8-16)4-7-25(18)20-23-5-1-6-24-20/h1-11H,12H2,(H,27,28). The summed E-state index contributed by atoms with van der Waals surface area (Å²) in [5.74, 6) is -0.374. The van der Waals surface area contributed by atoms with Gasteiger partial charge >= 0.3 is 5.97 Å². The van der Waals surface area contributed by atoms with E-state index in [-0.39, 0.29) is 6.54 Å². The summed E-state index contributed by atoms with van der Waals surface area (Å²) in [6.07, 6.45) is 5.25. The molecule has 29 heavy (non-hydrogen) atoms. The van der Waals surface area contributed by atoms with Gasteiger partial charge in [0.2, 0.25) is 5.95 Å². The lowest BCUT2D eigenvalue weighted by Gasteiger charge is -2.22. The molecule has 4 rings (SSSR count). The molecule has 6 nitrogen and oxygen atoms in total. The second kappa shape index (κ2) is 8.32. The first-order chi connectivity index (χ1) is 14.0. The van der Waals surface area contributed by atoms with Gasteiger partial charge in [0.25, 0.3) is 0 Å². The molecule has 0 amide bonds. The highest BCUT2D eigenvalue weighted by molar-refractivity contribution is 8.00. The van der Waals surface area contributed by atoms with Crippen LogP contribution in [0.1, 0.15) is 0 Å². The fraction of sp³-hybridized carbons (Fsp3) is 0.0500. The summed E-state index contributed by atoms with van der Waals surface area (Å²) in [6, 6.07) is 14.5. The van der Waals surface area contributed by atoms with Gasteiger partial charge in [0, 0.05) is 44.6 Å². The van der Waals surface area contributed by atoms with Gasteiger partial charge in [-0.1, -0.05) is 23.2 Å².